The predicted octanol–water partition coefficient (Wildman–Crippen LogP) is 4.07. The molecule has 0 spiro atoms. The highest BCUT2D eigenvalue weighted by Crippen LogP contribution is 2.34. The van der Waals surface area contributed by atoms with Crippen LogP contribution in [0.25, 0.3) is 0 Å². The molecule has 0 N–H and O–H groups in total. The minimum absolute atomic E-state index is 0.125. The third-order valence-electron chi connectivity index (χ3n) is 3.63. The molecule has 1 atom stereocenters. The Morgan fingerprint density at radius 3 is 2.70 bits per heavy atom. The topological polar surface area (TPSA) is 52.6 Å². The summed E-state index contributed by atoms with van der Waals surface area (Å²) < 4.78 is 10.6. The van der Waals surface area contributed by atoms with Gasteiger partial charge in [-0.25, -0.2) is 9.59 Å². The lowest BCUT2D eigenvalue weighted by Gasteiger charge is -2.32. The molecule has 3 rings (SSSR count). The quantitative estimate of drug-likeness (QED) is 0.605. The number of carbonyl (C=O) groups excluding carboxylic acids is 2. The third kappa shape index (κ3) is 2.92. The zero-order valence-corrected chi connectivity index (χ0v) is 13.6. The first-order valence-corrected chi connectivity index (χ1v) is 7.64. The number of hydrogen-bond acceptors (Lipinski definition) is 4. The average molecular weight is 351 g/mol. The molecule has 6 heteroatoms. The van der Waals surface area contributed by atoms with Crippen LogP contribution in [0.2, 0.25) is 10.0 Å². The number of ether oxygens (including phenoxy) is 2. The van der Waals surface area contributed by atoms with Gasteiger partial charge in [0, 0.05) is 6.42 Å². The minimum atomic E-state index is -1.42. The second-order valence-electron chi connectivity index (χ2n) is 5.40. The summed E-state index contributed by atoms with van der Waals surface area (Å²) in [6.45, 7) is 1.52. The van der Waals surface area contributed by atoms with Crippen LogP contribution < -0.4 is 4.74 Å². The fourth-order valence-electron chi connectivity index (χ4n) is 2.42. The number of halogens is 2. The monoisotopic (exact) mass is 350 g/mol. The Kier molecular flexibility index (Phi) is 4.04. The molecule has 1 aliphatic rings. The molecular weight excluding hydrogens is 339 g/mol. The lowest BCUT2D eigenvalue weighted by atomic mass is 9.90. The van der Waals surface area contributed by atoms with Gasteiger partial charge in [-0.2, -0.15) is 0 Å². The molecule has 4 nitrogen and oxygen atoms in total. The van der Waals surface area contributed by atoms with E-state index in [0.29, 0.717) is 5.56 Å². The first kappa shape index (κ1) is 15.8. The maximum absolute atomic E-state index is 12.5. The maximum Gasteiger partial charge on any atom is 0.356 e. The largest absolute Gasteiger partial charge is 0.443 e. The van der Waals surface area contributed by atoms with Crippen LogP contribution in [0.3, 0.4) is 0 Å². The molecule has 0 aromatic heterocycles. The summed E-state index contributed by atoms with van der Waals surface area (Å²) in [4.78, 5) is 24.6. The Morgan fingerprint density at radius 2 is 1.91 bits per heavy atom. The first-order chi connectivity index (χ1) is 10.9. The fourth-order valence-corrected chi connectivity index (χ4v) is 2.75. The Morgan fingerprint density at radius 1 is 1.17 bits per heavy atom. The van der Waals surface area contributed by atoms with Crippen LogP contribution in [-0.2, 0) is 16.0 Å². The lowest BCUT2D eigenvalue weighted by molar-refractivity contribution is -0.154. The normalized spacial score (nSPS) is 19.7. The van der Waals surface area contributed by atoms with Gasteiger partial charge in [0.05, 0.1) is 10.6 Å². The number of cyclic esters (lactones) is 1. The molecule has 0 fully saturated rings. The summed E-state index contributed by atoms with van der Waals surface area (Å²) in [7, 11) is 0. The van der Waals surface area contributed by atoms with E-state index in [1.54, 1.807) is 36.4 Å². The van der Waals surface area contributed by atoms with Gasteiger partial charge < -0.3 is 9.47 Å². The molecule has 2 aromatic carbocycles. The molecular formula is C17H12Cl2O4. The molecule has 0 aliphatic carbocycles. The second kappa shape index (κ2) is 5.87. The van der Waals surface area contributed by atoms with Crippen LogP contribution in [0.5, 0.6) is 5.75 Å². The van der Waals surface area contributed by atoms with Gasteiger partial charge in [0.2, 0.25) is 5.60 Å². The van der Waals surface area contributed by atoms with Crippen LogP contribution in [0.4, 0.5) is 0 Å². The molecule has 0 saturated heterocycles. The van der Waals surface area contributed by atoms with Crippen molar-refractivity contribution in [3.63, 3.8) is 0 Å². The van der Waals surface area contributed by atoms with E-state index in [0.717, 1.165) is 5.56 Å². The lowest BCUT2D eigenvalue weighted by Crippen LogP contribution is -2.48. The summed E-state index contributed by atoms with van der Waals surface area (Å²) in [6, 6.07) is 11.7. The standard InChI is InChI=1S/C17H12Cl2O4/c1-17(9-10-5-2-3-6-11(10)15(20)23-17)16(21)22-13-8-4-7-12(18)14(13)19/h2-8H,9H2,1H3/t17-/m0/s1. The highest BCUT2D eigenvalue weighted by molar-refractivity contribution is 6.43. The van der Waals surface area contributed by atoms with Gasteiger partial charge in [0.25, 0.3) is 0 Å². The van der Waals surface area contributed by atoms with Gasteiger partial charge >= 0.3 is 11.9 Å². The number of esters is 2. The Hall–Kier alpha value is -2.04. The summed E-state index contributed by atoms with van der Waals surface area (Å²) in [5.74, 6) is -1.13. The van der Waals surface area contributed by atoms with Gasteiger partial charge in [-0.1, -0.05) is 47.5 Å². The third-order valence-corrected chi connectivity index (χ3v) is 4.44. The summed E-state index contributed by atoms with van der Waals surface area (Å²) >= 11 is 11.9. The highest BCUT2D eigenvalue weighted by atomic mass is 35.5. The van der Waals surface area contributed by atoms with Crippen LogP contribution in [0, 0.1) is 0 Å². The molecule has 0 unspecified atom stereocenters. The van der Waals surface area contributed by atoms with Crippen molar-refractivity contribution < 1.29 is 19.1 Å². The summed E-state index contributed by atoms with van der Waals surface area (Å²) in [6.07, 6.45) is 0.228. The fraction of sp³-hybridized carbons (Fsp3) is 0.176. The first-order valence-electron chi connectivity index (χ1n) is 6.88. The van der Waals surface area contributed by atoms with Crippen LogP contribution in [0.15, 0.2) is 42.5 Å². The van der Waals surface area contributed by atoms with Crippen LogP contribution in [0.1, 0.15) is 22.8 Å². The van der Waals surface area contributed by atoms with Crippen LogP contribution >= 0.6 is 23.2 Å². The van der Waals surface area contributed by atoms with E-state index in [1.165, 1.54) is 13.0 Å². The molecule has 23 heavy (non-hydrogen) atoms. The molecule has 1 aliphatic heterocycles. The van der Waals surface area contributed by atoms with Crippen molar-refractivity contribution in [2.24, 2.45) is 0 Å². The molecule has 0 bridgehead atoms. The van der Waals surface area contributed by atoms with Gasteiger partial charge in [-0.15, -0.1) is 0 Å². The SMILES string of the molecule is C[C@@]1(C(=O)Oc2cccc(Cl)c2Cl)Cc2ccccc2C(=O)O1. The zero-order chi connectivity index (χ0) is 16.6. The van der Waals surface area contributed by atoms with Crippen molar-refractivity contribution in [1.82, 2.24) is 0 Å². The van der Waals surface area contributed by atoms with E-state index < -0.39 is 17.5 Å². The van der Waals surface area contributed by atoms with Gasteiger partial charge in [0.15, 0.2) is 5.75 Å². The van der Waals surface area contributed by atoms with E-state index in [4.69, 9.17) is 32.7 Å². The van der Waals surface area contributed by atoms with Crippen molar-refractivity contribution in [3.05, 3.63) is 63.6 Å². The molecule has 1 heterocycles. The minimum Gasteiger partial charge on any atom is -0.443 e. The Balaban J connectivity index is 1.88. The van der Waals surface area contributed by atoms with E-state index in [2.05, 4.69) is 0 Å². The van der Waals surface area contributed by atoms with Gasteiger partial charge in [-0.05, 0) is 30.7 Å². The Labute approximate surface area is 142 Å². The molecule has 118 valence electrons. The molecule has 0 saturated carbocycles. The van der Waals surface area contributed by atoms with E-state index in [-0.39, 0.29) is 22.2 Å². The second-order valence-corrected chi connectivity index (χ2v) is 6.18. The number of fused-ring (bicyclic) bond motifs is 1. The van der Waals surface area contributed by atoms with Crippen molar-refractivity contribution in [2.45, 2.75) is 18.9 Å². The van der Waals surface area contributed by atoms with Crippen molar-refractivity contribution >= 4 is 35.1 Å². The molecule has 2 aromatic rings. The smallest absolute Gasteiger partial charge is 0.356 e. The van der Waals surface area contributed by atoms with Gasteiger partial charge in [-0.3, -0.25) is 0 Å². The summed E-state index contributed by atoms with van der Waals surface area (Å²) in [5, 5.41) is 0.404. The molecule has 0 amide bonds. The van der Waals surface area contributed by atoms with Crippen molar-refractivity contribution in [1.29, 1.82) is 0 Å². The predicted molar refractivity (Wildman–Crippen MR) is 86.1 cm³/mol. The molecule has 0 radical (unpaired) electrons. The highest BCUT2D eigenvalue weighted by Gasteiger charge is 2.44. The van der Waals surface area contributed by atoms with Crippen molar-refractivity contribution in [3.8, 4) is 5.75 Å². The zero-order valence-electron chi connectivity index (χ0n) is 12.1. The number of carbonyl (C=O) groups is 2. The van der Waals surface area contributed by atoms with Crippen LogP contribution in [-0.4, -0.2) is 17.5 Å². The Bertz CT molecular complexity index is 803. The number of benzene rings is 2. The van der Waals surface area contributed by atoms with E-state index in [1.807, 2.05) is 0 Å². The van der Waals surface area contributed by atoms with Gasteiger partial charge in [0.1, 0.15) is 5.02 Å². The average Bonchev–Trinajstić information content (AvgIpc) is 2.51. The van der Waals surface area contributed by atoms with Crippen molar-refractivity contribution in [2.75, 3.05) is 0 Å². The maximum atomic E-state index is 12.5. The summed E-state index contributed by atoms with van der Waals surface area (Å²) in [5.41, 5.74) is -0.226. The van der Waals surface area contributed by atoms with E-state index in [9.17, 15) is 9.59 Å². The number of rotatable bonds is 2. The van der Waals surface area contributed by atoms with E-state index >= 15 is 0 Å². The number of hydrogen-bond donors (Lipinski definition) is 0.